The molecule has 5 heteroatoms. The van der Waals surface area contributed by atoms with Gasteiger partial charge in [-0.1, -0.05) is 64.0 Å². The lowest BCUT2D eigenvalue weighted by molar-refractivity contribution is -0.0937. The van der Waals surface area contributed by atoms with Gasteiger partial charge in [-0.25, -0.2) is 0 Å². The summed E-state index contributed by atoms with van der Waals surface area (Å²) >= 11 is 0. The summed E-state index contributed by atoms with van der Waals surface area (Å²) in [5.41, 5.74) is 0. The lowest BCUT2D eigenvalue weighted by Crippen LogP contribution is -2.42. The Hall–Kier alpha value is -0.460. The lowest BCUT2D eigenvalue weighted by atomic mass is 10.1. The van der Waals surface area contributed by atoms with Crippen molar-refractivity contribution < 1.29 is 24.8 Å². The van der Waals surface area contributed by atoms with Crippen molar-refractivity contribution in [2.45, 2.75) is 108 Å². The first-order valence-corrected chi connectivity index (χ1v) is 11.1. The Morgan fingerprint density at radius 3 is 2.19 bits per heavy atom. The maximum absolute atomic E-state index is 9.87. The molecule has 1 aliphatic heterocycles. The van der Waals surface area contributed by atoms with Gasteiger partial charge in [-0.15, -0.1) is 0 Å². The minimum Gasteiger partial charge on any atom is -0.394 e. The van der Waals surface area contributed by atoms with Crippen LogP contribution >= 0.6 is 0 Å². The average Bonchev–Trinajstić information content (AvgIpc) is 3.04. The molecule has 160 valence electrons. The Balaban J connectivity index is 1.93. The molecular weight excluding hydrogens is 344 g/mol. The standard InChI is InChI=1S/C22H42O5/c1-2-3-4-5-6-7-8-9-10-11-12-13-14-15-16-26-22-20(25)18-27-21(22)19(24)17-23/h11-12,19-25H,2-10,13-18H2,1H3/b12-11+/t19-,20+,21+,22+/m1/s1. The molecule has 0 saturated carbocycles. The minimum absolute atomic E-state index is 0.147. The molecule has 1 aliphatic rings. The van der Waals surface area contributed by atoms with Crippen molar-refractivity contribution in [2.24, 2.45) is 0 Å². The third kappa shape index (κ3) is 11.2. The molecule has 1 fully saturated rings. The summed E-state index contributed by atoms with van der Waals surface area (Å²) in [6, 6.07) is 0. The molecule has 0 spiro atoms. The highest BCUT2D eigenvalue weighted by Crippen LogP contribution is 2.21. The van der Waals surface area contributed by atoms with Gasteiger partial charge in [-0.3, -0.25) is 0 Å². The molecule has 0 bridgehead atoms. The topological polar surface area (TPSA) is 79.2 Å². The van der Waals surface area contributed by atoms with Crippen molar-refractivity contribution in [1.29, 1.82) is 0 Å². The molecule has 0 aromatic heterocycles. The van der Waals surface area contributed by atoms with Gasteiger partial charge in [-0.05, 0) is 32.1 Å². The van der Waals surface area contributed by atoms with Crippen molar-refractivity contribution in [3.05, 3.63) is 12.2 Å². The number of unbranched alkanes of at least 4 members (excludes halogenated alkanes) is 10. The van der Waals surface area contributed by atoms with E-state index in [9.17, 15) is 10.2 Å². The van der Waals surface area contributed by atoms with Gasteiger partial charge in [-0.2, -0.15) is 0 Å². The van der Waals surface area contributed by atoms with E-state index >= 15 is 0 Å². The smallest absolute Gasteiger partial charge is 0.114 e. The van der Waals surface area contributed by atoms with Crippen molar-refractivity contribution in [3.63, 3.8) is 0 Å². The van der Waals surface area contributed by atoms with E-state index in [2.05, 4.69) is 19.1 Å². The molecule has 0 amide bonds. The van der Waals surface area contributed by atoms with Crippen LogP contribution in [0.25, 0.3) is 0 Å². The molecule has 3 N–H and O–H groups in total. The van der Waals surface area contributed by atoms with Gasteiger partial charge in [0, 0.05) is 6.61 Å². The van der Waals surface area contributed by atoms with Crippen molar-refractivity contribution >= 4 is 0 Å². The van der Waals surface area contributed by atoms with E-state index in [1.165, 1.54) is 57.8 Å². The van der Waals surface area contributed by atoms with Crippen molar-refractivity contribution in [3.8, 4) is 0 Å². The highest BCUT2D eigenvalue weighted by atomic mass is 16.6. The molecular formula is C22H42O5. The quantitative estimate of drug-likeness (QED) is 0.262. The SMILES string of the molecule is CCCCCCCCCC/C=C/CCCCO[C@@H]1[C@H]([C@H](O)CO)OC[C@@H]1O. The summed E-state index contributed by atoms with van der Waals surface area (Å²) in [7, 11) is 0. The average molecular weight is 387 g/mol. The summed E-state index contributed by atoms with van der Waals surface area (Å²) < 4.78 is 11.0. The maximum Gasteiger partial charge on any atom is 0.114 e. The molecule has 0 radical (unpaired) electrons. The first-order valence-electron chi connectivity index (χ1n) is 11.1. The second-order valence-corrected chi connectivity index (χ2v) is 7.68. The Kier molecular flexibility index (Phi) is 15.0. The molecule has 5 nitrogen and oxygen atoms in total. The van der Waals surface area contributed by atoms with Crippen LogP contribution in [-0.4, -0.2) is 59.6 Å². The number of allylic oxidation sites excluding steroid dienone is 2. The zero-order valence-electron chi connectivity index (χ0n) is 17.2. The largest absolute Gasteiger partial charge is 0.394 e. The predicted molar refractivity (Wildman–Crippen MR) is 109 cm³/mol. The van der Waals surface area contributed by atoms with Gasteiger partial charge in [0.15, 0.2) is 0 Å². The molecule has 0 aliphatic carbocycles. The molecule has 0 unspecified atom stereocenters. The summed E-state index contributed by atoms with van der Waals surface area (Å²) in [6.45, 7) is 2.55. The zero-order chi connectivity index (χ0) is 19.7. The van der Waals surface area contributed by atoms with Crippen LogP contribution in [-0.2, 0) is 9.47 Å². The number of hydrogen-bond donors (Lipinski definition) is 3. The number of hydrogen-bond acceptors (Lipinski definition) is 5. The van der Waals surface area contributed by atoms with Crippen LogP contribution in [0.3, 0.4) is 0 Å². The van der Waals surface area contributed by atoms with Crippen molar-refractivity contribution in [2.75, 3.05) is 19.8 Å². The molecule has 0 aromatic rings. The lowest BCUT2D eigenvalue weighted by Gasteiger charge is -2.23. The van der Waals surface area contributed by atoms with Crippen molar-refractivity contribution in [1.82, 2.24) is 0 Å². The van der Waals surface area contributed by atoms with E-state index in [-0.39, 0.29) is 13.2 Å². The third-order valence-corrected chi connectivity index (χ3v) is 5.20. The summed E-state index contributed by atoms with van der Waals surface area (Å²) in [5, 5.41) is 28.6. The van der Waals surface area contributed by atoms with Gasteiger partial charge in [0.05, 0.1) is 13.2 Å². The number of aliphatic hydroxyl groups excluding tert-OH is 3. The fraction of sp³-hybridized carbons (Fsp3) is 0.909. The van der Waals surface area contributed by atoms with Gasteiger partial charge in [0.1, 0.15) is 24.4 Å². The van der Waals surface area contributed by atoms with Crippen LogP contribution in [0.5, 0.6) is 0 Å². The Morgan fingerprint density at radius 2 is 1.56 bits per heavy atom. The molecule has 1 heterocycles. The van der Waals surface area contributed by atoms with Gasteiger partial charge < -0.3 is 24.8 Å². The second-order valence-electron chi connectivity index (χ2n) is 7.68. The molecule has 4 atom stereocenters. The second kappa shape index (κ2) is 16.5. The predicted octanol–water partition coefficient (Wildman–Crippen LogP) is 3.74. The van der Waals surface area contributed by atoms with E-state index in [1.807, 2.05) is 0 Å². The van der Waals surface area contributed by atoms with Crippen LogP contribution < -0.4 is 0 Å². The van der Waals surface area contributed by atoms with Gasteiger partial charge >= 0.3 is 0 Å². The number of ether oxygens (including phenoxy) is 2. The monoisotopic (exact) mass is 386 g/mol. The van der Waals surface area contributed by atoms with E-state index in [0.717, 1.165) is 19.3 Å². The van der Waals surface area contributed by atoms with Crippen LogP contribution in [0, 0.1) is 0 Å². The Labute approximate surface area is 165 Å². The van der Waals surface area contributed by atoms with Gasteiger partial charge in [0.25, 0.3) is 0 Å². The minimum atomic E-state index is -1.01. The fourth-order valence-corrected chi connectivity index (χ4v) is 3.47. The van der Waals surface area contributed by atoms with E-state index in [4.69, 9.17) is 14.6 Å². The first-order chi connectivity index (χ1) is 13.2. The Bertz CT molecular complexity index is 361. The van der Waals surface area contributed by atoms with E-state index in [1.54, 1.807) is 0 Å². The molecule has 1 saturated heterocycles. The van der Waals surface area contributed by atoms with Crippen LogP contribution in [0.1, 0.15) is 84.0 Å². The fourth-order valence-electron chi connectivity index (χ4n) is 3.47. The Morgan fingerprint density at radius 1 is 0.963 bits per heavy atom. The van der Waals surface area contributed by atoms with Crippen LogP contribution in [0.4, 0.5) is 0 Å². The summed E-state index contributed by atoms with van der Waals surface area (Å²) in [5.74, 6) is 0. The summed E-state index contributed by atoms with van der Waals surface area (Å²) in [4.78, 5) is 0. The van der Waals surface area contributed by atoms with E-state index in [0.29, 0.717) is 6.61 Å². The number of aliphatic hydroxyl groups is 3. The highest BCUT2D eigenvalue weighted by Gasteiger charge is 2.40. The zero-order valence-corrected chi connectivity index (χ0v) is 17.2. The molecule has 0 aromatic carbocycles. The van der Waals surface area contributed by atoms with Crippen LogP contribution in [0.2, 0.25) is 0 Å². The maximum atomic E-state index is 9.87. The third-order valence-electron chi connectivity index (χ3n) is 5.20. The number of rotatable bonds is 17. The summed E-state index contributed by atoms with van der Waals surface area (Å²) in [6.07, 6.45) is 16.7. The van der Waals surface area contributed by atoms with Gasteiger partial charge in [0.2, 0.25) is 0 Å². The first kappa shape index (κ1) is 24.6. The highest BCUT2D eigenvalue weighted by molar-refractivity contribution is 4.89. The van der Waals surface area contributed by atoms with E-state index < -0.39 is 24.4 Å². The molecule has 27 heavy (non-hydrogen) atoms. The van der Waals surface area contributed by atoms with Crippen LogP contribution in [0.15, 0.2) is 12.2 Å². The molecule has 1 rings (SSSR count). The normalized spacial score (nSPS) is 24.1.